The van der Waals surface area contributed by atoms with Crippen molar-refractivity contribution in [3.05, 3.63) is 102 Å². The second kappa shape index (κ2) is 8.06. The number of carbonyl (C=O) groups is 1. The van der Waals surface area contributed by atoms with Gasteiger partial charge in [0.15, 0.2) is 5.78 Å². The minimum absolute atomic E-state index is 0.00367. The van der Waals surface area contributed by atoms with E-state index in [-0.39, 0.29) is 11.6 Å². The number of halogens is 1. The Morgan fingerprint density at radius 3 is 2.28 bits per heavy atom. The number of anilines is 1. The van der Waals surface area contributed by atoms with E-state index in [1.165, 1.54) is 19.1 Å². The third-order valence-electron chi connectivity index (χ3n) is 4.51. The zero-order valence-corrected chi connectivity index (χ0v) is 15.7. The number of benzene rings is 3. The minimum atomic E-state index is -0.483. The van der Waals surface area contributed by atoms with Gasteiger partial charge in [-0.2, -0.15) is 0 Å². The summed E-state index contributed by atoms with van der Waals surface area (Å²) in [6.45, 7) is 1.52. The second-order valence-electron chi connectivity index (χ2n) is 6.57. The molecule has 0 radical (unpaired) electrons. The SMILES string of the molecule is CC(=O)c1ccc(N[C@@H](c2ccc(F)cc2)c2nnc(-c3ccccc3)o2)cc1. The summed E-state index contributed by atoms with van der Waals surface area (Å²) in [7, 11) is 0. The number of nitrogens with one attached hydrogen (secondary N) is 1. The highest BCUT2D eigenvalue weighted by Crippen LogP contribution is 2.28. The molecule has 4 rings (SSSR count). The van der Waals surface area contributed by atoms with Crippen LogP contribution < -0.4 is 5.32 Å². The van der Waals surface area contributed by atoms with Crippen LogP contribution >= 0.6 is 0 Å². The second-order valence-corrected chi connectivity index (χ2v) is 6.57. The predicted molar refractivity (Wildman–Crippen MR) is 108 cm³/mol. The van der Waals surface area contributed by atoms with Crippen LogP contribution in [0.3, 0.4) is 0 Å². The van der Waals surface area contributed by atoms with Gasteiger partial charge in [-0.3, -0.25) is 4.79 Å². The summed E-state index contributed by atoms with van der Waals surface area (Å²) in [6.07, 6.45) is 0. The Labute approximate surface area is 167 Å². The number of Topliss-reactive ketones (excluding diaryl/α,β-unsaturated/α-hetero) is 1. The molecule has 6 heteroatoms. The zero-order chi connectivity index (χ0) is 20.2. The fraction of sp³-hybridized carbons (Fsp3) is 0.0870. The van der Waals surface area contributed by atoms with Gasteiger partial charge in [-0.15, -0.1) is 10.2 Å². The van der Waals surface area contributed by atoms with Crippen molar-refractivity contribution in [3.63, 3.8) is 0 Å². The molecule has 0 saturated carbocycles. The van der Waals surface area contributed by atoms with Crippen LogP contribution in [0.4, 0.5) is 10.1 Å². The number of ketones is 1. The Morgan fingerprint density at radius 1 is 0.931 bits per heavy atom. The molecular weight excluding hydrogens is 369 g/mol. The maximum atomic E-state index is 13.4. The third-order valence-corrected chi connectivity index (χ3v) is 4.51. The van der Waals surface area contributed by atoms with Gasteiger partial charge in [0.1, 0.15) is 11.9 Å². The predicted octanol–water partition coefficient (Wildman–Crippen LogP) is 5.28. The Hall–Kier alpha value is -3.80. The molecule has 3 aromatic carbocycles. The molecule has 0 bridgehead atoms. The van der Waals surface area contributed by atoms with Crippen LogP contribution in [0.5, 0.6) is 0 Å². The van der Waals surface area contributed by atoms with Crippen LogP contribution in [0, 0.1) is 5.82 Å². The molecule has 0 aliphatic carbocycles. The molecule has 29 heavy (non-hydrogen) atoms. The lowest BCUT2D eigenvalue weighted by molar-refractivity contribution is 0.101. The van der Waals surface area contributed by atoms with Crippen molar-refractivity contribution in [2.24, 2.45) is 0 Å². The lowest BCUT2D eigenvalue weighted by Crippen LogP contribution is -2.13. The van der Waals surface area contributed by atoms with E-state index in [9.17, 15) is 9.18 Å². The number of nitrogens with zero attached hydrogens (tertiary/aromatic N) is 2. The molecule has 5 nitrogen and oxygen atoms in total. The average Bonchev–Trinajstić information content (AvgIpc) is 3.24. The molecule has 1 aromatic heterocycles. The number of aromatic nitrogens is 2. The van der Waals surface area contributed by atoms with Crippen molar-refractivity contribution in [3.8, 4) is 11.5 Å². The van der Waals surface area contributed by atoms with E-state index < -0.39 is 6.04 Å². The standard InChI is InChI=1S/C23H18FN3O2/c1-15(28)16-9-13-20(14-10-16)25-21(17-7-11-19(24)12-8-17)23-27-26-22(29-23)18-5-3-2-4-6-18/h2-14,21,25H,1H3/t21-/m0/s1. The van der Waals surface area contributed by atoms with Gasteiger partial charge in [0.05, 0.1) is 0 Å². The summed E-state index contributed by atoms with van der Waals surface area (Å²) in [5, 5.41) is 11.7. The van der Waals surface area contributed by atoms with E-state index >= 15 is 0 Å². The monoisotopic (exact) mass is 387 g/mol. The molecule has 0 aliphatic rings. The smallest absolute Gasteiger partial charge is 0.247 e. The van der Waals surface area contributed by atoms with E-state index in [2.05, 4.69) is 15.5 Å². The van der Waals surface area contributed by atoms with Crippen molar-refractivity contribution >= 4 is 11.5 Å². The molecule has 1 heterocycles. The first-order valence-corrected chi connectivity index (χ1v) is 9.12. The summed E-state index contributed by atoms with van der Waals surface area (Å²) >= 11 is 0. The normalized spacial score (nSPS) is 11.8. The van der Waals surface area contributed by atoms with Gasteiger partial charge in [-0.25, -0.2) is 4.39 Å². The van der Waals surface area contributed by atoms with Gasteiger partial charge in [0, 0.05) is 16.8 Å². The quantitative estimate of drug-likeness (QED) is 0.456. The Bertz CT molecular complexity index is 1110. The molecule has 0 amide bonds. The van der Waals surface area contributed by atoms with Gasteiger partial charge >= 0.3 is 0 Å². The largest absolute Gasteiger partial charge is 0.418 e. The molecule has 1 N–H and O–H groups in total. The van der Waals surface area contributed by atoms with Crippen molar-refractivity contribution in [2.75, 3.05) is 5.32 Å². The van der Waals surface area contributed by atoms with Gasteiger partial charge in [0.25, 0.3) is 0 Å². The van der Waals surface area contributed by atoms with Crippen molar-refractivity contribution < 1.29 is 13.6 Å². The van der Waals surface area contributed by atoms with Crippen molar-refractivity contribution in [1.82, 2.24) is 10.2 Å². The van der Waals surface area contributed by atoms with E-state index in [1.54, 1.807) is 24.3 Å². The molecule has 0 aliphatic heterocycles. The zero-order valence-electron chi connectivity index (χ0n) is 15.7. The lowest BCUT2D eigenvalue weighted by atomic mass is 10.1. The fourth-order valence-electron chi connectivity index (χ4n) is 2.96. The molecular formula is C23H18FN3O2. The van der Waals surface area contributed by atoms with Crippen LogP contribution in [0.2, 0.25) is 0 Å². The minimum Gasteiger partial charge on any atom is -0.418 e. The molecule has 4 aromatic rings. The van der Waals surface area contributed by atoms with Gasteiger partial charge in [-0.05, 0) is 61.0 Å². The maximum Gasteiger partial charge on any atom is 0.247 e. The van der Waals surface area contributed by atoms with Crippen molar-refractivity contribution in [1.29, 1.82) is 0 Å². The summed E-state index contributed by atoms with van der Waals surface area (Å²) in [5.74, 6) is 0.428. The lowest BCUT2D eigenvalue weighted by Gasteiger charge is -2.17. The Kier molecular flexibility index (Phi) is 5.16. The first-order valence-electron chi connectivity index (χ1n) is 9.12. The number of carbonyl (C=O) groups excluding carboxylic acids is 1. The van der Waals surface area contributed by atoms with Crippen LogP contribution in [0.25, 0.3) is 11.5 Å². The van der Waals surface area contributed by atoms with Gasteiger partial charge in [0.2, 0.25) is 11.8 Å². The molecule has 0 fully saturated rings. The van der Waals surface area contributed by atoms with Crippen LogP contribution in [0.1, 0.15) is 34.8 Å². The van der Waals surface area contributed by atoms with E-state index in [0.717, 1.165) is 16.8 Å². The molecule has 0 saturated heterocycles. The number of hydrogen-bond donors (Lipinski definition) is 1. The molecule has 0 spiro atoms. The van der Waals surface area contributed by atoms with Crippen molar-refractivity contribution in [2.45, 2.75) is 13.0 Å². The topological polar surface area (TPSA) is 68.0 Å². The third kappa shape index (κ3) is 4.21. The summed E-state index contributed by atoms with van der Waals surface area (Å²) in [6, 6.07) is 22.2. The van der Waals surface area contributed by atoms with Crippen LogP contribution in [-0.2, 0) is 0 Å². The van der Waals surface area contributed by atoms with Gasteiger partial charge in [-0.1, -0.05) is 30.3 Å². The Morgan fingerprint density at radius 2 is 1.62 bits per heavy atom. The maximum absolute atomic E-state index is 13.4. The highest BCUT2D eigenvalue weighted by molar-refractivity contribution is 5.94. The summed E-state index contributed by atoms with van der Waals surface area (Å²) < 4.78 is 19.3. The summed E-state index contributed by atoms with van der Waals surface area (Å²) in [4.78, 5) is 11.5. The van der Waals surface area contributed by atoms with Crippen LogP contribution in [0.15, 0.2) is 83.3 Å². The molecule has 1 atom stereocenters. The van der Waals surface area contributed by atoms with E-state index in [1.807, 2.05) is 42.5 Å². The van der Waals surface area contributed by atoms with Gasteiger partial charge < -0.3 is 9.73 Å². The highest BCUT2D eigenvalue weighted by atomic mass is 19.1. The van der Waals surface area contributed by atoms with E-state index in [4.69, 9.17) is 4.42 Å². The molecule has 144 valence electrons. The summed E-state index contributed by atoms with van der Waals surface area (Å²) in [5.41, 5.74) is 2.97. The number of hydrogen-bond acceptors (Lipinski definition) is 5. The average molecular weight is 387 g/mol. The molecule has 0 unspecified atom stereocenters. The first kappa shape index (κ1) is 18.6. The van der Waals surface area contributed by atoms with Crippen LogP contribution in [-0.4, -0.2) is 16.0 Å². The highest BCUT2D eigenvalue weighted by Gasteiger charge is 2.22. The fourth-order valence-corrected chi connectivity index (χ4v) is 2.96. The number of rotatable bonds is 6. The van der Waals surface area contributed by atoms with E-state index in [0.29, 0.717) is 17.3 Å². The first-order chi connectivity index (χ1) is 14.1. The Balaban J connectivity index is 1.68.